The first-order chi connectivity index (χ1) is 19.0. The Morgan fingerprint density at radius 3 is 2.26 bits per heavy atom. The molecule has 1 unspecified atom stereocenters. The molecule has 3 rings (SSSR count). The van der Waals surface area contributed by atoms with E-state index in [9.17, 15) is 14.7 Å². The number of anilines is 1. The minimum Gasteiger partial charge on any atom is -0.497 e. The van der Waals surface area contributed by atoms with Gasteiger partial charge in [0, 0.05) is 31.3 Å². The lowest BCUT2D eigenvalue weighted by Crippen LogP contribution is -2.39. The number of ether oxygens (including phenoxy) is 4. The van der Waals surface area contributed by atoms with E-state index < -0.39 is 12.1 Å². The zero-order chi connectivity index (χ0) is 27.9. The fourth-order valence-corrected chi connectivity index (χ4v) is 3.81. The number of carbonyl (C=O) groups is 2. The van der Waals surface area contributed by atoms with Crippen LogP contribution in [0, 0.1) is 0 Å². The summed E-state index contributed by atoms with van der Waals surface area (Å²) in [5.41, 5.74) is 1.47. The highest BCUT2D eigenvalue weighted by molar-refractivity contribution is 5.89. The molecule has 0 saturated carbocycles. The summed E-state index contributed by atoms with van der Waals surface area (Å²) in [4.78, 5) is 26.1. The molecule has 2 N–H and O–H groups in total. The van der Waals surface area contributed by atoms with Gasteiger partial charge < -0.3 is 34.3 Å². The minimum atomic E-state index is -0.987. The standard InChI is InChI=1S/C30H36N2O7/c1-3-37-28(29(33)34)21-23-13-15-26(16-14-23)39-20-18-32(17-8-19-38-25-10-5-4-6-11-25)30(35)31-24-9-7-12-27(22-24)36-2/h4-7,9-16,22,28H,3,8,17-21H2,1-2H3,(H,31,35)(H,33,34). The molecule has 0 aliphatic heterocycles. The maximum atomic E-state index is 13.1. The minimum absolute atomic E-state index is 0.252. The second-order valence-electron chi connectivity index (χ2n) is 8.64. The molecule has 0 fully saturated rings. The zero-order valence-corrected chi connectivity index (χ0v) is 22.4. The number of urea groups is 1. The Labute approximate surface area is 229 Å². The molecule has 39 heavy (non-hydrogen) atoms. The van der Waals surface area contributed by atoms with Crippen molar-refractivity contribution < 1.29 is 33.6 Å². The fourth-order valence-electron chi connectivity index (χ4n) is 3.81. The van der Waals surface area contributed by atoms with E-state index in [1.165, 1.54) is 0 Å². The topological polar surface area (TPSA) is 107 Å². The third kappa shape index (κ3) is 10.2. The summed E-state index contributed by atoms with van der Waals surface area (Å²) in [5.74, 6) is 1.08. The summed E-state index contributed by atoms with van der Waals surface area (Å²) < 4.78 is 22.2. The van der Waals surface area contributed by atoms with Crippen molar-refractivity contribution in [3.8, 4) is 17.2 Å². The average Bonchev–Trinajstić information content (AvgIpc) is 2.95. The molecule has 0 aromatic heterocycles. The van der Waals surface area contributed by atoms with Gasteiger partial charge in [0.2, 0.25) is 0 Å². The van der Waals surface area contributed by atoms with E-state index in [0.717, 1.165) is 11.3 Å². The number of hydrogen-bond donors (Lipinski definition) is 2. The van der Waals surface area contributed by atoms with E-state index >= 15 is 0 Å². The number of carboxylic acids is 1. The predicted octanol–water partition coefficient (Wildman–Crippen LogP) is 5.11. The Bertz CT molecular complexity index is 1160. The number of para-hydroxylation sites is 1. The van der Waals surface area contributed by atoms with Crippen molar-refractivity contribution in [1.29, 1.82) is 0 Å². The summed E-state index contributed by atoms with van der Waals surface area (Å²) in [5, 5.41) is 12.2. The maximum absolute atomic E-state index is 13.1. The van der Waals surface area contributed by atoms with Crippen LogP contribution in [-0.4, -0.2) is 68.1 Å². The predicted molar refractivity (Wildman–Crippen MR) is 149 cm³/mol. The molecule has 9 nitrogen and oxygen atoms in total. The number of nitrogens with one attached hydrogen (secondary N) is 1. The number of hydrogen-bond acceptors (Lipinski definition) is 6. The van der Waals surface area contributed by atoms with Gasteiger partial charge in [0.25, 0.3) is 0 Å². The second-order valence-corrected chi connectivity index (χ2v) is 8.64. The van der Waals surface area contributed by atoms with E-state index in [1.807, 2.05) is 54.6 Å². The smallest absolute Gasteiger partial charge is 0.333 e. The number of carboxylic acid groups (broad SMARTS) is 1. The van der Waals surface area contributed by atoms with E-state index in [1.54, 1.807) is 43.2 Å². The van der Waals surface area contributed by atoms with Crippen molar-refractivity contribution >= 4 is 17.7 Å². The summed E-state index contributed by atoms with van der Waals surface area (Å²) in [6, 6.07) is 23.7. The van der Waals surface area contributed by atoms with Crippen LogP contribution >= 0.6 is 0 Å². The van der Waals surface area contributed by atoms with Gasteiger partial charge in [-0.15, -0.1) is 0 Å². The number of methoxy groups -OCH3 is 1. The number of benzene rings is 3. The van der Waals surface area contributed by atoms with Gasteiger partial charge in [0.1, 0.15) is 23.9 Å². The summed E-state index contributed by atoms with van der Waals surface area (Å²) in [7, 11) is 1.58. The van der Waals surface area contributed by atoms with Gasteiger partial charge in [-0.2, -0.15) is 0 Å². The van der Waals surface area contributed by atoms with Gasteiger partial charge in [-0.25, -0.2) is 9.59 Å². The van der Waals surface area contributed by atoms with Crippen molar-refractivity contribution in [2.75, 3.05) is 45.3 Å². The molecular formula is C30H36N2O7. The number of carbonyl (C=O) groups excluding carboxylic acids is 1. The summed E-state index contributed by atoms with van der Waals surface area (Å²) in [6.07, 6.45) is 0.0242. The van der Waals surface area contributed by atoms with Crippen molar-refractivity contribution in [3.05, 3.63) is 84.4 Å². The van der Waals surface area contributed by atoms with Crippen LogP contribution in [0.1, 0.15) is 18.9 Å². The average molecular weight is 537 g/mol. The SMILES string of the molecule is CCOC(Cc1ccc(OCCN(CCCOc2ccccc2)C(=O)Nc2cccc(OC)c2)cc1)C(=O)O. The molecule has 0 aliphatic rings. The van der Waals surface area contributed by atoms with Gasteiger partial charge in [0.15, 0.2) is 6.10 Å². The number of nitrogens with zero attached hydrogens (tertiary/aromatic N) is 1. The molecule has 3 aromatic rings. The molecule has 1 atom stereocenters. The third-order valence-electron chi connectivity index (χ3n) is 5.81. The van der Waals surface area contributed by atoms with Crippen molar-refractivity contribution in [2.45, 2.75) is 25.9 Å². The van der Waals surface area contributed by atoms with Crippen LogP contribution in [0.4, 0.5) is 10.5 Å². The van der Waals surface area contributed by atoms with E-state index in [0.29, 0.717) is 49.9 Å². The maximum Gasteiger partial charge on any atom is 0.333 e. The summed E-state index contributed by atoms with van der Waals surface area (Å²) in [6.45, 7) is 3.67. The Balaban J connectivity index is 1.55. The number of amides is 2. The van der Waals surface area contributed by atoms with Crippen LogP contribution in [0.2, 0.25) is 0 Å². The largest absolute Gasteiger partial charge is 0.497 e. The van der Waals surface area contributed by atoms with Gasteiger partial charge in [-0.05, 0) is 55.3 Å². The number of rotatable bonds is 16. The van der Waals surface area contributed by atoms with E-state index in [-0.39, 0.29) is 19.1 Å². The van der Waals surface area contributed by atoms with Crippen LogP contribution in [0.3, 0.4) is 0 Å². The summed E-state index contributed by atoms with van der Waals surface area (Å²) >= 11 is 0. The fraction of sp³-hybridized carbons (Fsp3) is 0.333. The molecule has 9 heteroatoms. The molecule has 0 radical (unpaired) electrons. The first kappa shape index (κ1) is 29.3. The number of aliphatic carboxylic acids is 1. The van der Waals surface area contributed by atoms with Gasteiger partial charge in [0.05, 0.1) is 20.3 Å². The Kier molecular flexibility index (Phi) is 11.9. The van der Waals surface area contributed by atoms with E-state index in [2.05, 4.69) is 5.32 Å². The van der Waals surface area contributed by atoms with Crippen LogP contribution in [0.15, 0.2) is 78.9 Å². The molecule has 0 bridgehead atoms. The van der Waals surface area contributed by atoms with Crippen molar-refractivity contribution in [3.63, 3.8) is 0 Å². The zero-order valence-electron chi connectivity index (χ0n) is 22.4. The Hall–Kier alpha value is -4.24. The van der Waals surface area contributed by atoms with Crippen LogP contribution in [0.25, 0.3) is 0 Å². The Morgan fingerprint density at radius 1 is 0.872 bits per heavy atom. The quantitative estimate of drug-likeness (QED) is 0.245. The van der Waals surface area contributed by atoms with E-state index in [4.69, 9.17) is 18.9 Å². The lowest BCUT2D eigenvalue weighted by atomic mass is 10.1. The molecule has 3 aromatic carbocycles. The lowest BCUT2D eigenvalue weighted by Gasteiger charge is -2.23. The first-order valence-corrected chi connectivity index (χ1v) is 12.9. The van der Waals surface area contributed by atoms with Gasteiger partial charge >= 0.3 is 12.0 Å². The molecule has 0 aliphatic carbocycles. The molecule has 0 saturated heterocycles. The molecule has 208 valence electrons. The monoisotopic (exact) mass is 536 g/mol. The van der Waals surface area contributed by atoms with Crippen LogP contribution in [-0.2, 0) is 16.0 Å². The Morgan fingerprint density at radius 2 is 1.56 bits per heavy atom. The van der Waals surface area contributed by atoms with Crippen LogP contribution in [0.5, 0.6) is 17.2 Å². The first-order valence-electron chi connectivity index (χ1n) is 12.9. The normalized spacial score (nSPS) is 11.3. The van der Waals surface area contributed by atoms with Crippen LogP contribution < -0.4 is 19.5 Å². The van der Waals surface area contributed by atoms with Crippen molar-refractivity contribution in [2.24, 2.45) is 0 Å². The highest BCUT2D eigenvalue weighted by Gasteiger charge is 2.18. The molecular weight excluding hydrogens is 500 g/mol. The molecule has 2 amide bonds. The highest BCUT2D eigenvalue weighted by Crippen LogP contribution is 2.18. The second kappa shape index (κ2) is 15.9. The third-order valence-corrected chi connectivity index (χ3v) is 5.81. The molecule has 0 spiro atoms. The van der Waals surface area contributed by atoms with Crippen molar-refractivity contribution in [1.82, 2.24) is 4.90 Å². The highest BCUT2D eigenvalue weighted by atomic mass is 16.5. The molecule has 0 heterocycles. The lowest BCUT2D eigenvalue weighted by molar-refractivity contribution is -0.149. The van der Waals surface area contributed by atoms with Gasteiger partial charge in [-0.1, -0.05) is 36.4 Å². The van der Waals surface area contributed by atoms with Gasteiger partial charge in [-0.3, -0.25) is 0 Å².